The molecule has 0 aliphatic carbocycles. The van der Waals surface area contributed by atoms with Crippen molar-refractivity contribution >= 4 is 28.9 Å². The zero-order chi connectivity index (χ0) is 11.4. The van der Waals surface area contributed by atoms with Crippen molar-refractivity contribution in [3.63, 3.8) is 0 Å². The highest BCUT2D eigenvalue weighted by atomic mass is 35.5. The van der Waals surface area contributed by atoms with E-state index in [9.17, 15) is 0 Å². The summed E-state index contributed by atoms with van der Waals surface area (Å²) in [5.41, 5.74) is 1.10. The van der Waals surface area contributed by atoms with E-state index < -0.39 is 0 Å². The Bertz CT molecular complexity index is 347. The summed E-state index contributed by atoms with van der Waals surface area (Å²) in [6.45, 7) is 4.27. The molecule has 1 aromatic carbocycles. The van der Waals surface area contributed by atoms with Crippen LogP contribution < -0.4 is 10.2 Å². The highest BCUT2D eigenvalue weighted by Gasteiger charge is 2.11. The third-order valence-electron chi connectivity index (χ3n) is 2.81. The molecule has 0 aromatic heterocycles. The van der Waals surface area contributed by atoms with Crippen LogP contribution >= 0.6 is 23.2 Å². The molecule has 16 heavy (non-hydrogen) atoms. The standard InChI is InChI=1S/C12H16Cl2N2/c13-10-3-4-12(11(14)9-10)16-7-1-5-15-6-2-8-16/h3-4,9,15H,1-2,5-8H2. The molecule has 2 rings (SSSR count). The van der Waals surface area contributed by atoms with Gasteiger partial charge in [0.2, 0.25) is 0 Å². The summed E-state index contributed by atoms with van der Waals surface area (Å²) in [6.07, 6.45) is 2.30. The molecule has 0 saturated carbocycles. The van der Waals surface area contributed by atoms with Crippen molar-refractivity contribution < 1.29 is 0 Å². The Balaban J connectivity index is 2.14. The van der Waals surface area contributed by atoms with E-state index in [1.807, 2.05) is 18.2 Å². The molecule has 0 radical (unpaired) electrons. The average molecular weight is 259 g/mol. The highest BCUT2D eigenvalue weighted by Crippen LogP contribution is 2.29. The first kappa shape index (κ1) is 12.0. The average Bonchev–Trinajstić information content (AvgIpc) is 2.19. The highest BCUT2D eigenvalue weighted by molar-refractivity contribution is 6.36. The van der Waals surface area contributed by atoms with Crippen LogP contribution in [0.2, 0.25) is 10.0 Å². The number of nitrogens with one attached hydrogen (secondary N) is 1. The second-order valence-corrected chi connectivity index (χ2v) is 4.88. The fraction of sp³-hybridized carbons (Fsp3) is 0.500. The van der Waals surface area contributed by atoms with Gasteiger partial charge in [0.15, 0.2) is 0 Å². The first-order valence-electron chi connectivity index (χ1n) is 5.68. The molecule has 0 bridgehead atoms. The molecule has 1 aliphatic rings. The number of hydrogen-bond donors (Lipinski definition) is 1. The van der Waals surface area contributed by atoms with Crippen molar-refractivity contribution in [1.82, 2.24) is 5.32 Å². The molecule has 1 N–H and O–H groups in total. The van der Waals surface area contributed by atoms with Crippen LogP contribution in [0.15, 0.2) is 18.2 Å². The van der Waals surface area contributed by atoms with Crippen LogP contribution in [-0.4, -0.2) is 26.2 Å². The van der Waals surface area contributed by atoms with E-state index in [0.29, 0.717) is 5.02 Å². The molecule has 2 nitrogen and oxygen atoms in total. The van der Waals surface area contributed by atoms with Crippen LogP contribution in [0.5, 0.6) is 0 Å². The van der Waals surface area contributed by atoms with Crippen molar-refractivity contribution in [2.75, 3.05) is 31.1 Å². The Morgan fingerprint density at radius 3 is 2.38 bits per heavy atom. The van der Waals surface area contributed by atoms with Gasteiger partial charge in [0.1, 0.15) is 0 Å². The van der Waals surface area contributed by atoms with E-state index in [1.54, 1.807) is 0 Å². The van der Waals surface area contributed by atoms with E-state index in [0.717, 1.165) is 49.7 Å². The molecule has 1 heterocycles. The molecule has 0 atom stereocenters. The van der Waals surface area contributed by atoms with E-state index in [1.165, 1.54) is 0 Å². The molecular weight excluding hydrogens is 243 g/mol. The third-order valence-corrected chi connectivity index (χ3v) is 3.35. The summed E-state index contributed by atoms with van der Waals surface area (Å²) < 4.78 is 0. The van der Waals surface area contributed by atoms with Gasteiger partial charge in [-0.1, -0.05) is 23.2 Å². The van der Waals surface area contributed by atoms with Crippen molar-refractivity contribution in [3.05, 3.63) is 28.2 Å². The van der Waals surface area contributed by atoms with E-state index in [2.05, 4.69) is 10.2 Å². The molecule has 0 unspecified atom stereocenters. The summed E-state index contributed by atoms with van der Waals surface area (Å²) in [5.74, 6) is 0. The zero-order valence-corrected chi connectivity index (χ0v) is 10.7. The maximum absolute atomic E-state index is 6.22. The largest absolute Gasteiger partial charge is 0.370 e. The minimum atomic E-state index is 0.697. The third kappa shape index (κ3) is 3.03. The quantitative estimate of drug-likeness (QED) is 0.833. The van der Waals surface area contributed by atoms with Gasteiger partial charge in [-0.05, 0) is 44.1 Å². The minimum absolute atomic E-state index is 0.697. The monoisotopic (exact) mass is 258 g/mol. The van der Waals surface area contributed by atoms with Crippen LogP contribution in [0.25, 0.3) is 0 Å². The normalized spacial score (nSPS) is 18.0. The van der Waals surface area contributed by atoms with Gasteiger partial charge >= 0.3 is 0 Å². The lowest BCUT2D eigenvalue weighted by atomic mass is 10.2. The Kier molecular flexibility index (Phi) is 4.33. The van der Waals surface area contributed by atoms with Crippen LogP contribution in [0.1, 0.15) is 12.8 Å². The fourth-order valence-corrected chi connectivity index (χ4v) is 2.53. The van der Waals surface area contributed by atoms with Gasteiger partial charge in [-0.15, -0.1) is 0 Å². The van der Waals surface area contributed by atoms with Gasteiger partial charge in [0, 0.05) is 18.1 Å². The summed E-state index contributed by atoms with van der Waals surface area (Å²) in [6, 6.07) is 5.73. The number of hydrogen-bond acceptors (Lipinski definition) is 2. The van der Waals surface area contributed by atoms with Gasteiger partial charge in [-0.25, -0.2) is 0 Å². The zero-order valence-electron chi connectivity index (χ0n) is 9.18. The number of rotatable bonds is 1. The number of benzene rings is 1. The lowest BCUT2D eigenvalue weighted by Gasteiger charge is -2.28. The van der Waals surface area contributed by atoms with Crippen molar-refractivity contribution in [2.45, 2.75) is 12.8 Å². The second-order valence-electron chi connectivity index (χ2n) is 4.04. The molecule has 1 aromatic rings. The summed E-state index contributed by atoms with van der Waals surface area (Å²) >= 11 is 12.1. The van der Waals surface area contributed by atoms with Gasteiger partial charge < -0.3 is 10.2 Å². The van der Waals surface area contributed by atoms with Crippen molar-refractivity contribution in [3.8, 4) is 0 Å². The van der Waals surface area contributed by atoms with E-state index >= 15 is 0 Å². The molecule has 1 aliphatic heterocycles. The maximum atomic E-state index is 6.22. The summed E-state index contributed by atoms with van der Waals surface area (Å²) in [5, 5.41) is 4.85. The first-order valence-corrected chi connectivity index (χ1v) is 6.44. The van der Waals surface area contributed by atoms with Gasteiger partial charge in [0.05, 0.1) is 10.7 Å². The SMILES string of the molecule is Clc1ccc(N2CCCNCCC2)c(Cl)c1. The molecular formula is C12H16Cl2N2. The Morgan fingerprint density at radius 2 is 1.75 bits per heavy atom. The van der Waals surface area contributed by atoms with Crippen molar-refractivity contribution in [1.29, 1.82) is 0 Å². The van der Waals surface area contributed by atoms with Crippen LogP contribution in [-0.2, 0) is 0 Å². The smallest absolute Gasteiger partial charge is 0.0654 e. The molecule has 1 fully saturated rings. The van der Waals surface area contributed by atoms with Gasteiger partial charge in [-0.3, -0.25) is 0 Å². The Hall–Kier alpha value is -0.440. The lowest BCUT2D eigenvalue weighted by molar-refractivity contribution is 0.567. The van der Waals surface area contributed by atoms with E-state index in [4.69, 9.17) is 23.2 Å². The maximum Gasteiger partial charge on any atom is 0.0654 e. The first-order chi connectivity index (χ1) is 7.77. The predicted octanol–water partition coefficient (Wildman–Crippen LogP) is 3.18. The van der Waals surface area contributed by atoms with Crippen molar-refractivity contribution in [2.24, 2.45) is 0 Å². The Morgan fingerprint density at radius 1 is 1.06 bits per heavy atom. The van der Waals surface area contributed by atoms with Crippen LogP contribution in [0.4, 0.5) is 5.69 Å². The lowest BCUT2D eigenvalue weighted by Crippen LogP contribution is -2.34. The molecule has 0 amide bonds. The molecule has 0 spiro atoms. The minimum Gasteiger partial charge on any atom is -0.370 e. The fourth-order valence-electron chi connectivity index (χ4n) is 2.01. The van der Waals surface area contributed by atoms with Gasteiger partial charge in [-0.2, -0.15) is 0 Å². The number of anilines is 1. The molecule has 88 valence electrons. The van der Waals surface area contributed by atoms with E-state index in [-0.39, 0.29) is 0 Å². The van der Waals surface area contributed by atoms with Crippen LogP contribution in [0.3, 0.4) is 0 Å². The molecule has 4 heteroatoms. The number of halogens is 2. The second kappa shape index (κ2) is 5.76. The topological polar surface area (TPSA) is 15.3 Å². The number of nitrogens with zero attached hydrogens (tertiary/aromatic N) is 1. The molecule has 1 saturated heterocycles. The Labute approximate surface area is 107 Å². The summed E-state index contributed by atoms with van der Waals surface area (Å²) in [4.78, 5) is 2.35. The van der Waals surface area contributed by atoms with Crippen LogP contribution in [0, 0.1) is 0 Å². The summed E-state index contributed by atoms with van der Waals surface area (Å²) in [7, 11) is 0. The van der Waals surface area contributed by atoms with Gasteiger partial charge in [0.25, 0.3) is 0 Å². The predicted molar refractivity (Wildman–Crippen MR) is 70.8 cm³/mol.